The van der Waals surface area contributed by atoms with Crippen molar-refractivity contribution in [2.45, 2.75) is 64.7 Å². The van der Waals surface area contributed by atoms with Gasteiger partial charge in [0.1, 0.15) is 6.10 Å². The SMILES string of the molecule is CC1CC(C)C2CCCC(CC(O)C(F)(F)F)C2C1. The van der Waals surface area contributed by atoms with Crippen LogP contribution in [-0.4, -0.2) is 17.4 Å². The molecular formula is C15H25F3O. The van der Waals surface area contributed by atoms with E-state index in [1.54, 1.807) is 0 Å². The van der Waals surface area contributed by atoms with Crippen molar-refractivity contribution in [1.82, 2.24) is 0 Å². The van der Waals surface area contributed by atoms with Crippen LogP contribution in [0.4, 0.5) is 13.2 Å². The van der Waals surface area contributed by atoms with Gasteiger partial charge in [-0.2, -0.15) is 13.2 Å². The molecule has 2 aliphatic carbocycles. The second-order valence-electron chi connectivity index (χ2n) is 6.87. The predicted molar refractivity (Wildman–Crippen MR) is 68.6 cm³/mol. The lowest BCUT2D eigenvalue weighted by molar-refractivity contribution is -0.211. The van der Waals surface area contributed by atoms with Crippen molar-refractivity contribution >= 4 is 0 Å². The number of halogens is 3. The molecule has 2 rings (SSSR count). The lowest BCUT2D eigenvalue weighted by Crippen LogP contribution is -2.41. The molecule has 1 nitrogen and oxygen atoms in total. The quantitative estimate of drug-likeness (QED) is 0.794. The molecule has 2 saturated carbocycles. The Labute approximate surface area is 113 Å². The molecular weight excluding hydrogens is 253 g/mol. The Kier molecular flexibility index (Phi) is 4.49. The number of alkyl halides is 3. The highest BCUT2D eigenvalue weighted by atomic mass is 19.4. The molecule has 19 heavy (non-hydrogen) atoms. The fraction of sp³-hybridized carbons (Fsp3) is 1.00. The van der Waals surface area contributed by atoms with Crippen LogP contribution in [0.1, 0.15) is 52.4 Å². The molecule has 0 heterocycles. The standard InChI is InChI=1S/C15H25F3O/c1-9-6-10(2)12-5-3-4-11(13(12)7-9)8-14(19)15(16,17)18/h9-14,19H,3-8H2,1-2H3. The van der Waals surface area contributed by atoms with E-state index < -0.39 is 12.3 Å². The zero-order valence-electron chi connectivity index (χ0n) is 11.8. The lowest BCUT2D eigenvalue weighted by Gasteiger charge is -2.47. The molecule has 6 atom stereocenters. The van der Waals surface area contributed by atoms with E-state index in [9.17, 15) is 18.3 Å². The molecule has 1 N–H and O–H groups in total. The molecule has 0 spiro atoms. The topological polar surface area (TPSA) is 20.2 Å². The van der Waals surface area contributed by atoms with Gasteiger partial charge in [-0.3, -0.25) is 0 Å². The van der Waals surface area contributed by atoms with Crippen molar-refractivity contribution in [3.8, 4) is 0 Å². The number of hydrogen-bond donors (Lipinski definition) is 1. The fourth-order valence-corrected chi connectivity index (χ4v) is 4.55. The first-order valence-electron chi connectivity index (χ1n) is 7.53. The maximum absolute atomic E-state index is 12.5. The van der Waals surface area contributed by atoms with Crippen molar-refractivity contribution in [3.05, 3.63) is 0 Å². The van der Waals surface area contributed by atoms with Crippen LogP contribution in [-0.2, 0) is 0 Å². The third-order valence-electron chi connectivity index (χ3n) is 5.35. The molecule has 2 aliphatic rings. The second kappa shape index (κ2) is 5.63. The molecule has 0 bridgehead atoms. The van der Waals surface area contributed by atoms with Crippen molar-refractivity contribution in [3.63, 3.8) is 0 Å². The molecule has 0 aromatic rings. The minimum Gasteiger partial charge on any atom is -0.384 e. The first-order valence-corrected chi connectivity index (χ1v) is 7.53. The molecule has 0 aromatic carbocycles. The van der Waals surface area contributed by atoms with Gasteiger partial charge in [0, 0.05) is 0 Å². The summed E-state index contributed by atoms with van der Waals surface area (Å²) in [7, 11) is 0. The van der Waals surface area contributed by atoms with E-state index in [2.05, 4.69) is 13.8 Å². The highest BCUT2D eigenvalue weighted by Crippen LogP contribution is 2.50. The van der Waals surface area contributed by atoms with Crippen LogP contribution in [0, 0.1) is 29.6 Å². The highest BCUT2D eigenvalue weighted by molar-refractivity contribution is 4.91. The van der Waals surface area contributed by atoms with E-state index in [1.165, 1.54) is 6.42 Å². The summed E-state index contributed by atoms with van der Waals surface area (Å²) in [5.41, 5.74) is 0. The van der Waals surface area contributed by atoms with Gasteiger partial charge in [-0.25, -0.2) is 0 Å². The summed E-state index contributed by atoms with van der Waals surface area (Å²) < 4.78 is 37.6. The largest absolute Gasteiger partial charge is 0.414 e. The van der Waals surface area contributed by atoms with Gasteiger partial charge in [0.05, 0.1) is 0 Å². The van der Waals surface area contributed by atoms with Gasteiger partial charge >= 0.3 is 6.18 Å². The predicted octanol–water partition coefficient (Wildman–Crippen LogP) is 4.40. The number of aliphatic hydroxyl groups is 1. The van der Waals surface area contributed by atoms with E-state index in [4.69, 9.17) is 0 Å². The van der Waals surface area contributed by atoms with Gasteiger partial charge in [-0.1, -0.05) is 26.7 Å². The summed E-state index contributed by atoms with van der Waals surface area (Å²) in [5, 5.41) is 9.34. The van der Waals surface area contributed by atoms with E-state index in [-0.39, 0.29) is 12.3 Å². The zero-order valence-corrected chi connectivity index (χ0v) is 11.8. The second-order valence-corrected chi connectivity index (χ2v) is 6.87. The first kappa shape index (κ1) is 15.1. The van der Waals surface area contributed by atoms with Crippen molar-refractivity contribution in [2.75, 3.05) is 0 Å². The molecule has 0 saturated heterocycles. The van der Waals surface area contributed by atoms with E-state index in [1.807, 2.05) is 0 Å². The normalized spacial score (nSPS) is 41.7. The maximum Gasteiger partial charge on any atom is 0.414 e. The molecule has 0 aliphatic heterocycles. The van der Waals surface area contributed by atoms with Crippen LogP contribution in [0.15, 0.2) is 0 Å². The number of aliphatic hydroxyl groups excluding tert-OH is 1. The number of hydrogen-bond acceptors (Lipinski definition) is 1. The van der Waals surface area contributed by atoms with Crippen LogP contribution in [0.2, 0.25) is 0 Å². The smallest absolute Gasteiger partial charge is 0.384 e. The minimum absolute atomic E-state index is 0.0561. The maximum atomic E-state index is 12.5. The Balaban J connectivity index is 2.04. The molecule has 4 heteroatoms. The lowest BCUT2D eigenvalue weighted by atomic mass is 9.58. The summed E-state index contributed by atoms with van der Waals surface area (Å²) >= 11 is 0. The monoisotopic (exact) mass is 278 g/mol. The van der Waals surface area contributed by atoms with E-state index in [0.29, 0.717) is 23.7 Å². The van der Waals surface area contributed by atoms with Gasteiger partial charge < -0.3 is 5.11 Å². The molecule has 0 aromatic heterocycles. The Hall–Kier alpha value is -0.250. The zero-order chi connectivity index (χ0) is 14.2. The Morgan fingerprint density at radius 3 is 2.42 bits per heavy atom. The Morgan fingerprint density at radius 2 is 1.79 bits per heavy atom. The van der Waals surface area contributed by atoms with Gasteiger partial charge in [0.25, 0.3) is 0 Å². The summed E-state index contributed by atoms with van der Waals surface area (Å²) in [5.74, 6) is 2.26. The Bertz CT molecular complexity index is 302. The number of fused-ring (bicyclic) bond motifs is 1. The van der Waals surface area contributed by atoms with Crippen LogP contribution in [0.5, 0.6) is 0 Å². The molecule has 6 unspecified atom stereocenters. The molecule has 0 amide bonds. The number of rotatable bonds is 2. The highest BCUT2D eigenvalue weighted by Gasteiger charge is 2.45. The third kappa shape index (κ3) is 3.45. The minimum atomic E-state index is -4.46. The summed E-state index contributed by atoms with van der Waals surface area (Å²) in [6.07, 6.45) is -1.40. The molecule has 2 fully saturated rings. The van der Waals surface area contributed by atoms with E-state index in [0.717, 1.165) is 25.7 Å². The average Bonchev–Trinajstić information content (AvgIpc) is 2.28. The summed E-state index contributed by atoms with van der Waals surface area (Å²) in [4.78, 5) is 0. The molecule has 0 radical (unpaired) electrons. The third-order valence-corrected chi connectivity index (χ3v) is 5.35. The summed E-state index contributed by atoms with van der Waals surface area (Å²) in [6, 6.07) is 0. The van der Waals surface area contributed by atoms with Gasteiger partial charge in [0.15, 0.2) is 0 Å². The molecule has 112 valence electrons. The fourth-order valence-electron chi connectivity index (χ4n) is 4.55. The van der Waals surface area contributed by atoms with Gasteiger partial charge in [-0.05, 0) is 55.3 Å². The van der Waals surface area contributed by atoms with E-state index >= 15 is 0 Å². The van der Waals surface area contributed by atoms with Crippen molar-refractivity contribution < 1.29 is 18.3 Å². The van der Waals surface area contributed by atoms with Crippen LogP contribution < -0.4 is 0 Å². The van der Waals surface area contributed by atoms with Gasteiger partial charge in [0.2, 0.25) is 0 Å². The summed E-state index contributed by atoms with van der Waals surface area (Å²) in [6.45, 7) is 4.45. The Morgan fingerprint density at radius 1 is 1.11 bits per heavy atom. The van der Waals surface area contributed by atoms with Crippen molar-refractivity contribution in [1.29, 1.82) is 0 Å². The van der Waals surface area contributed by atoms with Crippen LogP contribution >= 0.6 is 0 Å². The average molecular weight is 278 g/mol. The van der Waals surface area contributed by atoms with Crippen LogP contribution in [0.25, 0.3) is 0 Å². The van der Waals surface area contributed by atoms with Crippen LogP contribution in [0.3, 0.4) is 0 Å². The van der Waals surface area contributed by atoms with Gasteiger partial charge in [-0.15, -0.1) is 0 Å². The van der Waals surface area contributed by atoms with Crippen molar-refractivity contribution in [2.24, 2.45) is 29.6 Å². The first-order chi connectivity index (χ1) is 8.79.